The van der Waals surface area contributed by atoms with Gasteiger partial charge in [0.15, 0.2) is 0 Å². The molecule has 0 radical (unpaired) electrons. The van der Waals surface area contributed by atoms with Gasteiger partial charge in [0, 0.05) is 0 Å². The van der Waals surface area contributed by atoms with E-state index in [0.717, 1.165) is 0 Å². The van der Waals surface area contributed by atoms with Crippen LogP contribution in [0.5, 0.6) is 0 Å². The van der Waals surface area contributed by atoms with Gasteiger partial charge in [0.2, 0.25) is 0 Å². The van der Waals surface area contributed by atoms with E-state index in [2.05, 4.69) is 123 Å². The zero-order chi connectivity index (χ0) is 18.7. The van der Waals surface area contributed by atoms with Crippen molar-refractivity contribution in [3.63, 3.8) is 0 Å². The molecule has 0 aromatic heterocycles. The summed E-state index contributed by atoms with van der Waals surface area (Å²) in [5, 5.41) is 0. The standard InChI is InChI=1S/C26H24Ge/c1-21-13-17-25(18-14-21)27(23-9-5-3-6-10-23,24-11-7-4-8-12-24)26-19-15-22(2)16-20-26/h3-20H,1-2H3. The summed E-state index contributed by atoms with van der Waals surface area (Å²) in [7, 11) is 0. The Bertz CT molecular complexity index is 914. The molecule has 0 spiro atoms. The van der Waals surface area contributed by atoms with Crippen LogP contribution in [-0.2, 0) is 0 Å². The summed E-state index contributed by atoms with van der Waals surface area (Å²) < 4.78 is 5.89. The van der Waals surface area contributed by atoms with Gasteiger partial charge in [-0.05, 0) is 0 Å². The molecule has 0 heterocycles. The van der Waals surface area contributed by atoms with Crippen molar-refractivity contribution in [2.45, 2.75) is 13.8 Å². The first-order chi connectivity index (χ1) is 13.2. The Morgan fingerprint density at radius 1 is 0.370 bits per heavy atom. The molecule has 1 heteroatoms. The molecular weight excluding hydrogens is 385 g/mol. The molecule has 0 saturated carbocycles. The van der Waals surface area contributed by atoms with E-state index in [1.807, 2.05) is 0 Å². The number of aryl methyl sites for hydroxylation is 2. The van der Waals surface area contributed by atoms with Crippen molar-refractivity contribution in [2.24, 2.45) is 0 Å². The second-order valence-corrected chi connectivity index (χ2v) is 15.2. The molecule has 0 nitrogen and oxygen atoms in total. The number of benzene rings is 4. The average molecular weight is 409 g/mol. The fraction of sp³-hybridized carbons (Fsp3) is 0.0769. The first-order valence-corrected chi connectivity index (χ1v) is 13.7. The molecule has 0 N–H and O–H groups in total. The minimum absolute atomic E-state index is 1.31. The summed E-state index contributed by atoms with van der Waals surface area (Å²) in [5.74, 6) is 0. The van der Waals surface area contributed by atoms with Crippen LogP contribution in [0, 0.1) is 13.8 Å². The molecule has 0 aliphatic heterocycles. The Hall–Kier alpha value is -2.58. The van der Waals surface area contributed by atoms with E-state index < -0.39 is 13.3 Å². The number of hydrogen-bond donors (Lipinski definition) is 0. The number of rotatable bonds is 4. The summed E-state index contributed by atoms with van der Waals surface area (Å²) >= 11 is -3.05. The molecule has 0 aliphatic rings. The second-order valence-electron chi connectivity index (χ2n) is 7.21. The van der Waals surface area contributed by atoms with Crippen LogP contribution >= 0.6 is 0 Å². The van der Waals surface area contributed by atoms with Crippen molar-refractivity contribution >= 4 is 30.8 Å². The minimum atomic E-state index is -3.05. The van der Waals surface area contributed by atoms with Crippen LogP contribution in [0.4, 0.5) is 0 Å². The summed E-state index contributed by atoms with van der Waals surface area (Å²) in [5.41, 5.74) is 2.61. The fourth-order valence-corrected chi connectivity index (χ4v) is 13.9. The second kappa shape index (κ2) is 7.58. The van der Waals surface area contributed by atoms with Gasteiger partial charge in [-0.1, -0.05) is 0 Å². The quantitative estimate of drug-likeness (QED) is 0.452. The predicted molar refractivity (Wildman–Crippen MR) is 120 cm³/mol. The molecule has 0 aliphatic carbocycles. The van der Waals surface area contributed by atoms with E-state index in [1.54, 1.807) is 0 Å². The summed E-state index contributed by atoms with van der Waals surface area (Å²) in [4.78, 5) is 0. The van der Waals surface area contributed by atoms with Crippen LogP contribution < -0.4 is 17.6 Å². The molecule has 0 unspecified atom stereocenters. The molecule has 4 aromatic rings. The number of hydrogen-bond acceptors (Lipinski definition) is 0. The van der Waals surface area contributed by atoms with Crippen LogP contribution in [-0.4, -0.2) is 13.3 Å². The van der Waals surface area contributed by atoms with E-state index in [0.29, 0.717) is 0 Å². The Morgan fingerprint density at radius 2 is 0.667 bits per heavy atom. The molecule has 0 saturated heterocycles. The van der Waals surface area contributed by atoms with Crippen molar-refractivity contribution < 1.29 is 0 Å². The zero-order valence-electron chi connectivity index (χ0n) is 15.9. The fourth-order valence-electron chi connectivity index (χ4n) is 3.98. The van der Waals surface area contributed by atoms with E-state index >= 15 is 0 Å². The van der Waals surface area contributed by atoms with Gasteiger partial charge in [0.05, 0.1) is 0 Å². The molecule has 27 heavy (non-hydrogen) atoms. The van der Waals surface area contributed by atoms with Crippen molar-refractivity contribution in [1.82, 2.24) is 0 Å². The monoisotopic (exact) mass is 410 g/mol. The Morgan fingerprint density at radius 3 is 1.00 bits per heavy atom. The van der Waals surface area contributed by atoms with E-state index in [-0.39, 0.29) is 0 Å². The van der Waals surface area contributed by atoms with E-state index in [9.17, 15) is 0 Å². The van der Waals surface area contributed by atoms with Gasteiger partial charge < -0.3 is 0 Å². The first-order valence-electron chi connectivity index (χ1n) is 9.46. The molecule has 0 bridgehead atoms. The summed E-state index contributed by atoms with van der Waals surface area (Å²) in [6.45, 7) is 4.32. The molecule has 4 aromatic carbocycles. The average Bonchev–Trinajstić information content (AvgIpc) is 2.73. The van der Waals surface area contributed by atoms with Crippen LogP contribution in [0.15, 0.2) is 109 Å². The molecule has 0 amide bonds. The predicted octanol–water partition coefficient (Wildman–Crippen LogP) is 3.68. The van der Waals surface area contributed by atoms with Gasteiger partial charge >= 0.3 is 165 Å². The zero-order valence-corrected chi connectivity index (χ0v) is 18.0. The summed E-state index contributed by atoms with van der Waals surface area (Å²) in [6.07, 6.45) is 0. The van der Waals surface area contributed by atoms with Crippen LogP contribution in [0.3, 0.4) is 0 Å². The van der Waals surface area contributed by atoms with Gasteiger partial charge in [-0.25, -0.2) is 0 Å². The van der Waals surface area contributed by atoms with Gasteiger partial charge in [-0.2, -0.15) is 0 Å². The van der Waals surface area contributed by atoms with Gasteiger partial charge in [-0.15, -0.1) is 0 Å². The third-order valence-corrected chi connectivity index (χ3v) is 15.4. The maximum absolute atomic E-state index is 3.05. The third-order valence-electron chi connectivity index (χ3n) is 5.38. The normalized spacial score (nSPS) is 11.3. The van der Waals surface area contributed by atoms with Crippen LogP contribution in [0.25, 0.3) is 0 Å². The summed E-state index contributed by atoms with van der Waals surface area (Å²) in [6, 6.07) is 40.7. The van der Waals surface area contributed by atoms with Gasteiger partial charge in [0.25, 0.3) is 0 Å². The SMILES string of the molecule is Cc1cc[c]([Ge]([c]2ccccc2)([c]2ccccc2)[c]2ccc(C)cc2)cc1. The van der Waals surface area contributed by atoms with Gasteiger partial charge in [0.1, 0.15) is 0 Å². The third kappa shape index (κ3) is 3.26. The molecule has 0 atom stereocenters. The van der Waals surface area contributed by atoms with Crippen molar-refractivity contribution in [2.75, 3.05) is 0 Å². The van der Waals surface area contributed by atoms with Crippen LogP contribution in [0.1, 0.15) is 11.1 Å². The van der Waals surface area contributed by atoms with Crippen molar-refractivity contribution in [3.8, 4) is 0 Å². The van der Waals surface area contributed by atoms with E-state index in [4.69, 9.17) is 0 Å². The Kier molecular flexibility index (Phi) is 5.00. The van der Waals surface area contributed by atoms with Crippen molar-refractivity contribution in [3.05, 3.63) is 120 Å². The molecule has 132 valence electrons. The van der Waals surface area contributed by atoms with Crippen molar-refractivity contribution in [1.29, 1.82) is 0 Å². The molecular formula is C26H24Ge. The topological polar surface area (TPSA) is 0 Å². The maximum atomic E-state index is 2.36. The Labute approximate surface area is 164 Å². The molecule has 4 rings (SSSR count). The van der Waals surface area contributed by atoms with Crippen LogP contribution in [0.2, 0.25) is 0 Å². The van der Waals surface area contributed by atoms with Gasteiger partial charge in [-0.3, -0.25) is 0 Å². The molecule has 0 fully saturated rings. The Balaban J connectivity index is 2.11. The first kappa shape index (κ1) is 17.8. The van der Waals surface area contributed by atoms with E-state index in [1.165, 1.54) is 28.7 Å².